The van der Waals surface area contributed by atoms with E-state index in [0.29, 0.717) is 17.9 Å². The van der Waals surface area contributed by atoms with Gasteiger partial charge in [-0.3, -0.25) is 0 Å². The largest absolute Gasteiger partial charge is 0.341 e. The molecule has 1 N–H and O–H groups in total. The number of thiazole rings is 1. The predicted molar refractivity (Wildman–Crippen MR) is 111 cm³/mol. The van der Waals surface area contributed by atoms with E-state index < -0.39 is 17.9 Å². The van der Waals surface area contributed by atoms with Gasteiger partial charge in [-0.05, 0) is 37.0 Å². The summed E-state index contributed by atoms with van der Waals surface area (Å²) in [6, 6.07) is 5.46. The van der Waals surface area contributed by atoms with Gasteiger partial charge in [0.25, 0.3) is 0 Å². The zero-order chi connectivity index (χ0) is 20.4. The summed E-state index contributed by atoms with van der Waals surface area (Å²) in [4.78, 5) is 21.3. The molecular formula is C22H23FN4OS. The van der Waals surface area contributed by atoms with Crippen LogP contribution in [0.5, 0.6) is 0 Å². The molecule has 1 aromatic heterocycles. The van der Waals surface area contributed by atoms with Gasteiger partial charge in [0.05, 0.1) is 23.2 Å². The Balaban J connectivity index is 1.72. The lowest BCUT2D eigenvalue weighted by atomic mass is 9.86. The van der Waals surface area contributed by atoms with E-state index in [1.54, 1.807) is 17.4 Å². The number of carbonyl (C=O) groups is 1. The van der Waals surface area contributed by atoms with Crippen LogP contribution < -0.4 is 5.32 Å². The Morgan fingerprint density at radius 1 is 1.31 bits per heavy atom. The summed E-state index contributed by atoms with van der Waals surface area (Å²) >= 11 is 1.59. The summed E-state index contributed by atoms with van der Waals surface area (Å²) in [5.74, 6) is -0.312. The third kappa shape index (κ3) is 3.95. The van der Waals surface area contributed by atoms with Gasteiger partial charge in [-0.15, -0.1) is 11.3 Å². The maximum absolute atomic E-state index is 14.3. The van der Waals surface area contributed by atoms with Crippen molar-refractivity contribution in [3.05, 3.63) is 51.2 Å². The van der Waals surface area contributed by atoms with Crippen LogP contribution in [0.25, 0.3) is 0 Å². The highest BCUT2D eigenvalue weighted by Crippen LogP contribution is 2.40. The van der Waals surface area contributed by atoms with Crippen LogP contribution in [0.3, 0.4) is 0 Å². The lowest BCUT2D eigenvalue weighted by Crippen LogP contribution is -2.39. The fourth-order valence-electron chi connectivity index (χ4n) is 4.35. The van der Waals surface area contributed by atoms with Crippen molar-refractivity contribution in [2.75, 3.05) is 0 Å². The van der Waals surface area contributed by atoms with Crippen LogP contribution in [0, 0.1) is 17.1 Å². The van der Waals surface area contributed by atoms with Crippen LogP contribution in [0.15, 0.2) is 28.6 Å². The number of carbonyl (C=O) groups excluding carboxylic acids is 1. The third-order valence-corrected chi connectivity index (χ3v) is 6.83. The molecule has 2 atom stereocenters. The molecule has 1 saturated carbocycles. The van der Waals surface area contributed by atoms with E-state index >= 15 is 0 Å². The van der Waals surface area contributed by atoms with Crippen molar-refractivity contribution in [2.24, 2.45) is 4.99 Å². The number of nitrogens with zero attached hydrogens (tertiary/aromatic N) is 3. The van der Waals surface area contributed by atoms with Crippen LogP contribution in [-0.4, -0.2) is 16.7 Å². The number of rotatable bonds is 4. The Morgan fingerprint density at radius 3 is 2.79 bits per heavy atom. The summed E-state index contributed by atoms with van der Waals surface area (Å²) in [5.41, 5.74) is 2.50. The lowest BCUT2D eigenvalue weighted by Gasteiger charge is -2.31. The van der Waals surface area contributed by atoms with Gasteiger partial charge in [0, 0.05) is 17.0 Å². The maximum atomic E-state index is 14.3. The Labute approximate surface area is 173 Å². The van der Waals surface area contributed by atoms with Gasteiger partial charge in [0.1, 0.15) is 16.9 Å². The smallest absolute Gasteiger partial charge is 0.328 e. The number of amides is 2. The minimum absolute atomic E-state index is 0.00866. The SMILES string of the molecule is CCC1=NC(=O)NC(c2ccc(C#N)c(F)c2)C1c1nc(C2CCCCC2)cs1. The van der Waals surface area contributed by atoms with Gasteiger partial charge >= 0.3 is 6.03 Å². The average Bonchev–Trinajstić information content (AvgIpc) is 3.23. The van der Waals surface area contributed by atoms with Gasteiger partial charge in [0.15, 0.2) is 0 Å². The van der Waals surface area contributed by atoms with Crippen molar-refractivity contribution in [2.45, 2.75) is 63.3 Å². The molecular weight excluding hydrogens is 387 g/mol. The molecule has 1 aliphatic heterocycles. The predicted octanol–water partition coefficient (Wildman–Crippen LogP) is 5.60. The van der Waals surface area contributed by atoms with E-state index in [4.69, 9.17) is 10.2 Å². The molecule has 0 bridgehead atoms. The fourth-order valence-corrected chi connectivity index (χ4v) is 5.41. The topological polar surface area (TPSA) is 78.1 Å². The molecule has 0 radical (unpaired) electrons. The number of hydrogen-bond acceptors (Lipinski definition) is 4. The highest BCUT2D eigenvalue weighted by Gasteiger charge is 2.36. The molecule has 29 heavy (non-hydrogen) atoms. The number of nitrogens with one attached hydrogen (secondary N) is 1. The second-order valence-corrected chi connectivity index (χ2v) is 8.55. The second kappa shape index (κ2) is 8.42. The normalized spacial score (nSPS) is 22.7. The molecule has 1 aromatic carbocycles. The molecule has 1 fully saturated rings. The van der Waals surface area contributed by atoms with Crippen molar-refractivity contribution in [3.8, 4) is 6.07 Å². The van der Waals surface area contributed by atoms with Gasteiger partial charge in [-0.1, -0.05) is 32.3 Å². The first-order valence-electron chi connectivity index (χ1n) is 10.1. The highest BCUT2D eigenvalue weighted by atomic mass is 32.1. The van der Waals surface area contributed by atoms with E-state index in [-0.39, 0.29) is 11.5 Å². The lowest BCUT2D eigenvalue weighted by molar-refractivity contribution is 0.242. The first kappa shape index (κ1) is 19.7. The second-order valence-electron chi connectivity index (χ2n) is 7.66. The first-order chi connectivity index (χ1) is 14.1. The molecule has 5 nitrogen and oxygen atoms in total. The maximum Gasteiger partial charge on any atom is 0.341 e. The van der Waals surface area contributed by atoms with Crippen molar-refractivity contribution in [1.82, 2.24) is 10.3 Å². The van der Waals surface area contributed by atoms with Gasteiger partial charge in [-0.2, -0.15) is 5.26 Å². The number of benzene rings is 1. The molecule has 4 rings (SSSR count). The molecule has 7 heteroatoms. The van der Waals surface area contributed by atoms with Crippen LogP contribution in [-0.2, 0) is 0 Å². The number of nitriles is 1. The molecule has 150 valence electrons. The van der Waals surface area contributed by atoms with Crippen LogP contribution >= 0.6 is 11.3 Å². The number of urea groups is 1. The van der Waals surface area contributed by atoms with Crippen molar-refractivity contribution < 1.29 is 9.18 Å². The summed E-state index contributed by atoms with van der Waals surface area (Å²) in [6.07, 6.45) is 6.73. The van der Waals surface area contributed by atoms with Crippen molar-refractivity contribution in [3.63, 3.8) is 0 Å². The highest BCUT2D eigenvalue weighted by molar-refractivity contribution is 7.09. The van der Waals surface area contributed by atoms with E-state index in [2.05, 4.69) is 15.7 Å². The summed E-state index contributed by atoms with van der Waals surface area (Å²) in [6.45, 7) is 1.97. The third-order valence-electron chi connectivity index (χ3n) is 5.88. The number of halogens is 1. The Bertz CT molecular complexity index is 987. The average molecular weight is 411 g/mol. The van der Waals surface area contributed by atoms with E-state index in [0.717, 1.165) is 16.4 Å². The monoisotopic (exact) mass is 410 g/mol. The molecule has 2 unspecified atom stereocenters. The molecule has 0 spiro atoms. The minimum Gasteiger partial charge on any atom is -0.328 e. The molecule has 2 aromatic rings. The standard InChI is InChI=1S/C22H23FN4OS/c1-2-17-19(21-25-18(12-29-21)13-6-4-3-5-7-13)20(27-22(28)26-17)14-8-9-15(11-24)16(23)10-14/h8-10,12-13,19-20H,2-7H2,1H3,(H,27,28). The van der Waals surface area contributed by atoms with Crippen LogP contribution in [0.2, 0.25) is 0 Å². The zero-order valence-electron chi connectivity index (χ0n) is 16.3. The van der Waals surface area contributed by atoms with Gasteiger partial charge < -0.3 is 5.32 Å². The van der Waals surface area contributed by atoms with Crippen molar-refractivity contribution >= 4 is 23.1 Å². The molecule has 1 aliphatic carbocycles. The molecule has 2 amide bonds. The molecule has 2 aliphatic rings. The Hall–Kier alpha value is -2.59. The summed E-state index contributed by atoms with van der Waals surface area (Å²) in [5, 5.41) is 14.9. The number of aromatic nitrogens is 1. The Kier molecular flexibility index (Phi) is 5.72. The summed E-state index contributed by atoms with van der Waals surface area (Å²) in [7, 11) is 0. The van der Waals surface area contributed by atoms with E-state index in [1.165, 1.54) is 44.2 Å². The van der Waals surface area contributed by atoms with Gasteiger partial charge in [0.2, 0.25) is 0 Å². The van der Waals surface area contributed by atoms with Crippen LogP contribution in [0.1, 0.15) is 85.2 Å². The molecule has 2 heterocycles. The number of hydrogen-bond donors (Lipinski definition) is 1. The quantitative estimate of drug-likeness (QED) is 0.712. The van der Waals surface area contributed by atoms with E-state index in [1.807, 2.05) is 13.0 Å². The number of aliphatic imine (C=N–C) groups is 1. The Morgan fingerprint density at radius 2 is 2.10 bits per heavy atom. The fraction of sp³-hybridized carbons (Fsp3) is 0.455. The van der Waals surface area contributed by atoms with Crippen LogP contribution in [0.4, 0.5) is 9.18 Å². The molecule has 0 saturated heterocycles. The minimum atomic E-state index is -0.583. The van der Waals surface area contributed by atoms with Crippen molar-refractivity contribution in [1.29, 1.82) is 5.26 Å². The van der Waals surface area contributed by atoms with E-state index in [9.17, 15) is 9.18 Å². The zero-order valence-corrected chi connectivity index (χ0v) is 17.1. The first-order valence-corrected chi connectivity index (χ1v) is 11.0. The summed E-state index contributed by atoms with van der Waals surface area (Å²) < 4.78 is 14.3. The van der Waals surface area contributed by atoms with Gasteiger partial charge in [-0.25, -0.2) is 19.2 Å².